The van der Waals surface area contributed by atoms with E-state index in [1.165, 1.54) is 12.1 Å². The van der Waals surface area contributed by atoms with Crippen molar-refractivity contribution in [3.05, 3.63) is 28.7 Å². The Balaban J connectivity index is 2.85. The summed E-state index contributed by atoms with van der Waals surface area (Å²) in [5.41, 5.74) is 0. The second kappa shape index (κ2) is 3.64. The average molecular weight is 272 g/mol. The van der Waals surface area contributed by atoms with Crippen molar-refractivity contribution in [2.75, 3.05) is 0 Å². The maximum atomic E-state index is 10.4. The van der Waals surface area contributed by atoms with E-state index < -0.39 is 9.33 Å². The van der Waals surface area contributed by atoms with Gasteiger partial charge in [0.2, 0.25) is 0 Å². The highest BCUT2D eigenvalue weighted by atomic mass is 79.9. The third-order valence-corrected chi connectivity index (χ3v) is 2.12. The standard InChI is InChI=1S/C6H4BrClO3S/c7-5-1-3-6(4-2-5)11-12(8,9)10/h1-4H. The summed E-state index contributed by atoms with van der Waals surface area (Å²) in [7, 11) is 0.913. The first-order valence-corrected chi connectivity index (χ1v) is 5.90. The van der Waals surface area contributed by atoms with Gasteiger partial charge < -0.3 is 4.18 Å². The molecular formula is C6H4BrClO3S. The van der Waals surface area contributed by atoms with Crippen LogP contribution in [-0.4, -0.2) is 8.42 Å². The minimum absolute atomic E-state index is 0.188. The Hall–Kier alpha value is -0.260. The van der Waals surface area contributed by atoms with Crippen molar-refractivity contribution in [1.82, 2.24) is 0 Å². The van der Waals surface area contributed by atoms with Crippen LogP contribution in [0, 0.1) is 0 Å². The quantitative estimate of drug-likeness (QED) is 0.775. The van der Waals surface area contributed by atoms with E-state index in [1.54, 1.807) is 12.1 Å². The zero-order valence-electron chi connectivity index (χ0n) is 5.70. The van der Waals surface area contributed by atoms with Gasteiger partial charge >= 0.3 is 9.33 Å². The molecule has 0 heterocycles. The summed E-state index contributed by atoms with van der Waals surface area (Å²) >= 11 is 3.19. The molecule has 0 aliphatic carbocycles. The van der Waals surface area contributed by atoms with Crippen molar-refractivity contribution in [3.8, 4) is 5.75 Å². The van der Waals surface area contributed by atoms with Crippen molar-refractivity contribution in [1.29, 1.82) is 0 Å². The highest BCUT2D eigenvalue weighted by Crippen LogP contribution is 2.18. The van der Waals surface area contributed by atoms with E-state index in [4.69, 9.17) is 10.7 Å². The van der Waals surface area contributed by atoms with Crippen LogP contribution in [0.5, 0.6) is 5.75 Å². The van der Waals surface area contributed by atoms with Crippen LogP contribution in [0.3, 0.4) is 0 Å². The first kappa shape index (κ1) is 9.83. The first-order chi connectivity index (χ1) is 5.47. The molecule has 0 saturated carbocycles. The largest absolute Gasteiger partial charge is 0.401 e. The lowest BCUT2D eigenvalue weighted by atomic mass is 10.3. The molecule has 1 aromatic rings. The molecule has 12 heavy (non-hydrogen) atoms. The highest BCUT2D eigenvalue weighted by Gasteiger charge is 2.05. The van der Waals surface area contributed by atoms with E-state index in [1.807, 2.05) is 0 Å². The lowest BCUT2D eigenvalue weighted by Crippen LogP contribution is -1.99. The Morgan fingerprint density at radius 2 is 1.75 bits per heavy atom. The molecule has 6 heteroatoms. The number of hydrogen-bond acceptors (Lipinski definition) is 3. The van der Waals surface area contributed by atoms with E-state index in [0.29, 0.717) is 0 Å². The van der Waals surface area contributed by atoms with Gasteiger partial charge in [-0.3, -0.25) is 0 Å². The van der Waals surface area contributed by atoms with Crippen molar-refractivity contribution in [3.63, 3.8) is 0 Å². The number of halogens is 2. The predicted molar refractivity (Wildman–Crippen MR) is 49.5 cm³/mol. The molecular weight excluding hydrogens is 267 g/mol. The number of rotatable bonds is 2. The van der Waals surface area contributed by atoms with Gasteiger partial charge in [0, 0.05) is 4.47 Å². The fraction of sp³-hybridized carbons (Fsp3) is 0. The summed E-state index contributed by atoms with van der Waals surface area (Å²) in [6.45, 7) is 0. The molecule has 66 valence electrons. The lowest BCUT2D eigenvalue weighted by molar-refractivity contribution is 0.503. The van der Waals surface area contributed by atoms with Crippen molar-refractivity contribution < 1.29 is 12.6 Å². The molecule has 0 N–H and O–H groups in total. The van der Waals surface area contributed by atoms with Crippen molar-refractivity contribution in [2.45, 2.75) is 0 Å². The minimum atomic E-state index is -3.93. The fourth-order valence-electron chi connectivity index (χ4n) is 0.605. The molecule has 0 bridgehead atoms. The summed E-state index contributed by atoms with van der Waals surface area (Å²) in [4.78, 5) is 0. The van der Waals surface area contributed by atoms with Gasteiger partial charge in [0.15, 0.2) is 0 Å². The molecule has 1 rings (SSSR count). The van der Waals surface area contributed by atoms with Gasteiger partial charge in [-0.2, -0.15) is 8.42 Å². The summed E-state index contributed by atoms with van der Waals surface area (Å²) in [6.07, 6.45) is 0. The molecule has 0 aliphatic heterocycles. The summed E-state index contributed by atoms with van der Waals surface area (Å²) < 4.78 is 26.0. The molecule has 0 radical (unpaired) electrons. The lowest BCUT2D eigenvalue weighted by Gasteiger charge is -1.99. The molecule has 0 amide bonds. The van der Waals surface area contributed by atoms with E-state index in [2.05, 4.69) is 20.1 Å². The van der Waals surface area contributed by atoms with Gasteiger partial charge in [0.1, 0.15) is 5.75 Å². The molecule has 0 fully saturated rings. The number of benzene rings is 1. The van der Waals surface area contributed by atoms with Gasteiger partial charge in [0.25, 0.3) is 0 Å². The van der Waals surface area contributed by atoms with Crippen molar-refractivity contribution in [2.24, 2.45) is 0 Å². The molecule has 1 aromatic carbocycles. The maximum Gasteiger partial charge on any atom is 0.401 e. The predicted octanol–water partition coefficient (Wildman–Crippen LogP) is 2.31. The SMILES string of the molecule is O=S(=O)(Cl)Oc1ccc(Br)cc1. The average Bonchev–Trinajstić information content (AvgIpc) is 1.91. The first-order valence-electron chi connectivity index (χ1n) is 2.87. The van der Waals surface area contributed by atoms with Crippen LogP contribution in [0.25, 0.3) is 0 Å². The fourth-order valence-corrected chi connectivity index (χ4v) is 1.43. The van der Waals surface area contributed by atoms with Crippen LogP contribution in [0.4, 0.5) is 0 Å². The van der Waals surface area contributed by atoms with Crippen LogP contribution in [0.2, 0.25) is 0 Å². The van der Waals surface area contributed by atoms with E-state index in [-0.39, 0.29) is 5.75 Å². The summed E-state index contributed by atoms with van der Waals surface area (Å²) in [5, 5.41) is 0. The maximum absolute atomic E-state index is 10.4. The second-order valence-corrected chi connectivity index (χ2v) is 4.93. The molecule has 0 spiro atoms. The Kier molecular flexibility index (Phi) is 2.98. The zero-order chi connectivity index (χ0) is 9.19. The summed E-state index contributed by atoms with van der Waals surface area (Å²) in [5.74, 6) is 0.188. The molecule has 0 aromatic heterocycles. The third-order valence-electron chi connectivity index (χ3n) is 1.01. The molecule has 3 nitrogen and oxygen atoms in total. The normalized spacial score (nSPS) is 11.2. The van der Waals surface area contributed by atoms with Crippen LogP contribution >= 0.6 is 26.6 Å². The zero-order valence-corrected chi connectivity index (χ0v) is 8.86. The molecule has 0 atom stereocenters. The Bertz CT molecular complexity index is 359. The third kappa shape index (κ3) is 3.42. The van der Waals surface area contributed by atoms with Gasteiger partial charge in [-0.15, -0.1) is 0 Å². The van der Waals surface area contributed by atoms with Crippen LogP contribution in [-0.2, 0) is 9.33 Å². The van der Waals surface area contributed by atoms with Crippen LogP contribution < -0.4 is 4.18 Å². The smallest absolute Gasteiger partial charge is 0.371 e. The number of hydrogen-bond donors (Lipinski definition) is 0. The van der Waals surface area contributed by atoms with E-state index >= 15 is 0 Å². The Morgan fingerprint density at radius 1 is 1.25 bits per heavy atom. The Morgan fingerprint density at radius 3 is 2.17 bits per heavy atom. The van der Waals surface area contributed by atoms with Gasteiger partial charge in [-0.1, -0.05) is 15.9 Å². The molecule has 0 unspecified atom stereocenters. The Labute approximate surface area is 83.1 Å². The summed E-state index contributed by atoms with van der Waals surface area (Å²) in [6, 6.07) is 6.28. The minimum Gasteiger partial charge on any atom is -0.371 e. The van der Waals surface area contributed by atoms with Gasteiger partial charge in [0.05, 0.1) is 10.7 Å². The molecule has 0 aliphatic rings. The van der Waals surface area contributed by atoms with Gasteiger partial charge in [-0.25, -0.2) is 0 Å². The topological polar surface area (TPSA) is 43.4 Å². The van der Waals surface area contributed by atoms with Crippen LogP contribution in [0.15, 0.2) is 28.7 Å². The van der Waals surface area contributed by atoms with Crippen molar-refractivity contribution >= 4 is 35.9 Å². The van der Waals surface area contributed by atoms with Crippen LogP contribution in [0.1, 0.15) is 0 Å². The van der Waals surface area contributed by atoms with E-state index in [0.717, 1.165) is 4.47 Å². The van der Waals surface area contributed by atoms with E-state index in [9.17, 15) is 8.42 Å². The monoisotopic (exact) mass is 270 g/mol. The van der Waals surface area contributed by atoms with Gasteiger partial charge in [-0.05, 0) is 24.3 Å². The second-order valence-electron chi connectivity index (χ2n) is 1.93. The highest BCUT2D eigenvalue weighted by molar-refractivity contribution is 9.10. The molecule has 0 saturated heterocycles.